The number of piperidine rings is 1. The zero-order valence-electron chi connectivity index (χ0n) is 19.6. The number of halogens is 1. The SMILES string of the molecule is CC(C)(C)C(=O)ON1CCC(C(F)CN2CCN(c3ccc(S(C)(=O)=O)cc3)CC2)CC1. The van der Waals surface area contributed by atoms with E-state index in [0.29, 0.717) is 37.4 Å². The maximum Gasteiger partial charge on any atom is 0.330 e. The Labute approximate surface area is 191 Å². The van der Waals surface area contributed by atoms with Crippen LogP contribution in [0, 0.1) is 11.3 Å². The summed E-state index contributed by atoms with van der Waals surface area (Å²) in [7, 11) is -3.20. The van der Waals surface area contributed by atoms with Gasteiger partial charge in [-0.25, -0.2) is 17.6 Å². The van der Waals surface area contributed by atoms with E-state index in [0.717, 1.165) is 31.9 Å². The molecule has 9 heteroatoms. The molecule has 0 aliphatic carbocycles. The summed E-state index contributed by atoms with van der Waals surface area (Å²) < 4.78 is 38.2. The highest BCUT2D eigenvalue weighted by Crippen LogP contribution is 2.26. The molecule has 2 aliphatic heterocycles. The summed E-state index contributed by atoms with van der Waals surface area (Å²) in [5.74, 6) is -0.266. The Bertz CT molecular complexity index is 869. The van der Waals surface area contributed by atoms with E-state index >= 15 is 0 Å². The van der Waals surface area contributed by atoms with E-state index in [1.807, 2.05) is 32.9 Å². The lowest BCUT2D eigenvalue weighted by Crippen LogP contribution is -2.49. The number of carbonyl (C=O) groups is 1. The standard InChI is InChI=1S/C23H36FN3O4S/c1-23(2,3)22(28)31-27-11-9-18(10-12-27)21(24)17-25-13-15-26(16-14-25)19-5-7-20(8-6-19)32(4,29)30/h5-8,18,21H,9-17H2,1-4H3. The first kappa shape index (κ1) is 24.9. The van der Waals surface area contributed by atoms with Gasteiger partial charge in [-0.15, -0.1) is 5.06 Å². The maximum atomic E-state index is 15.0. The van der Waals surface area contributed by atoms with Crippen LogP contribution in [-0.2, 0) is 19.5 Å². The van der Waals surface area contributed by atoms with Crippen LogP contribution in [0.15, 0.2) is 29.2 Å². The number of piperazine rings is 1. The second-order valence-corrected chi connectivity index (χ2v) is 12.0. The Morgan fingerprint density at radius 2 is 1.62 bits per heavy atom. The summed E-state index contributed by atoms with van der Waals surface area (Å²) in [5.41, 5.74) is 0.447. The maximum absolute atomic E-state index is 15.0. The normalized spacial score (nSPS) is 20.8. The quantitative estimate of drug-likeness (QED) is 0.635. The van der Waals surface area contributed by atoms with Gasteiger partial charge in [0.15, 0.2) is 9.84 Å². The fraction of sp³-hybridized carbons (Fsp3) is 0.696. The molecule has 2 heterocycles. The number of nitrogens with zero attached hydrogens (tertiary/aromatic N) is 3. The molecule has 3 rings (SSSR count). The van der Waals surface area contributed by atoms with Crippen LogP contribution < -0.4 is 4.90 Å². The van der Waals surface area contributed by atoms with Crippen molar-refractivity contribution in [1.82, 2.24) is 9.96 Å². The van der Waals surface area contributed by atoms with Gasteiger partial charge in [-0.3, -0.25) is 4.90 Å². The Hall–Kier alpha value is -1.71. The molecule has 0 spiro atoms. The predicted octanol–water partition coefficient (Wildman–Crippen LogP) is 2.77. The number of hydroxylamine groups is 2. The van der Waals surface area contributed by atoms with Gasteiger partial charge < -0.3 is 9.74 Å². The molecular weight excluding hydrogens is 433 g/mol. The average Bonchev–Trinajstić information content (AvgIpc) is 2.73. The van der Waals surface area contributed by atoms with Crippen molar-refractivity contribution in [2.75, 3.05) is 57.0 Å². The molecule has 32 heavy (non-hydrogen) atoms. The number of carbonyl (C=O) groups excluding carboxylic acids is 1. The molecule has 1 unspecified atom stereocenters. The van der Waals surface area contributed by atoms with Crippen LogP contribution in [0.3, 0.4) is 0 Å². The van der Waals surface area contributed by atoms with Crippen LogP contribution in [0.5, 0.6) is 0 Å². The first-order valence-electron chi connectivity index (χ1n) is 11.3. The minimum atomic E-state index is -3.20. The van der Waals surface area contributed by atoms with E-state index < -0.39 is 21.4 Å². The zero-order chi connectivity index (χ0) is 23.5. The van der Waals surface area contributed by atoms with Crippen LogP contribution in [0.4, 0.5) is 10.1 Å². The number of rotatable bonds is 6. The molecule has 2 aliphatic rings. The van der Waals surface area contributed by atoms with Gasteiger partial charge in [-0.05, 0) is 63.8 Å². The van der Waals surface area contributed by atoms with Gasteiger partial charge in [0.05, 0.1) is 10.3 Å². The molecule has 0 N–H and O–H groups in total. The molecule has 1 atom stereocenters. The summed E-state index contributed by atoms with van der Waals surface area (Å²) in [4.78, 5) is 22.2. The lowest BCUT2D eigenvalue weighted by atomic mass is 9.92. The summed E-state index contributed by atoms with van der Waals surface area (Å²) >= 11 is 0. The molecular formula is C23H36FN3O4S. The summed E-state index contributed by atoms with van der Waals surface area (Å²) in [6, 6.07) is 6.95. The molecule has 0 bridgehead atoms. The Balaban J connectivity index is 1.41. The molecule has 2 saturated heterocycles. The van der Waals surface area contributed by atoms with Crippen molar-refractivity contribution < 1.29 is 22.4 Å². The smallest absolute Gasteiger partial charge is 0.330 e. The van der Waals surface area contributed by atoms with Crippen LogP contribution >= 0.6 is 0 Å². The van der Waals surface area contributed by atoms with Crippen LogP contribution in [0.2, 0.25) is 0 Å². The minimum Gasteiger partial charge on any atom is -0.369 e. The van der Waals surface area contributed by atoms with Crippen molar-refractivity contribution in [1.29, 1.82) is 0 Å². The van der Waals surface area contributed by atoms with E-state index in [4.69, 9.17) is 4.84 Å². The molecule has 0 aromatic heterocycles. The van der Waals surface area contributed by atoms with E-state index in [9.17, 15) is 17.6 Å². The van der Waals surface area contributed by atoms with Gasteiger partial charge in [-0.2, -0.15) is 0 Å². The molecule has 0 radical (unpaired) electrons. The lowest BCUT2D eigenvalue weighted by molar-refractivity contribution is -0.207. The predicted molar refractivity (Wildman–Crippen MR) is 123 cm³/mol. The van der Waals surface area contributed by atoms with E-state index in [2.05, 4.69) is 9.80 Å². The molecule has 0 amide bonds. The van der Waals surface area contributed by atoms with Gasteiger partial charge in [0, 0.05) is 57.8 Å². The van der Waals surface area contributed by atoms with Gasteiger partial charge in [0.2, 0.25) is 0 Å². The number of sulfone groups is 1. The second kappa shape index (κ2) is 10.1. The van der Waals surface area contributed by atoms with Crippen LogP contribution in [-0.4, -0.2) is 82.6 Å². The Morgan fingerprint density at radius 1 is 1.06 bits per heavy atom. The topological polar surface area (TPSA) is 70.2 Å². The third-order valence-corrected chi connectivity index (χ3v) is 7.40. The third-order valence-electron chi connectivity index (χ3n) is 6.27. The van der Waals surface area contributed by atoms with Crippen molar-refractivity contribution in [2.24, 2.45) is 11.3 Å². The molecule has 1 aromatic rings. The molecule has 0 saturated carbocycles. The van der Waals surface area contributed by atoms with Gasteiger partial charge in [0.1, 0.15) is 6.17 Å². The summed E-state index contributed by atoms with van der Waals surface area (Å²) in [6.45, 7) is 10.2. The Morgan fingerprint density at radius 3 is 2.12 bits per heavy atom. The number of anilines is 1. The number of benzene rings is 1. The van der Waals surface area contributed by atoms with Crippen molar-refractivity contribution >= 4 is 21.5 Å². The van der Waals surface area contributed by atoms with E-state index in [1.165, 1.54) is 6.26 Å². The van der Waals surface area contributed by atoms with Crippen LogP contribution in [0.25, 0.3) is 0 Å². The molecule has 1 aromatic carbocycles. The minimum absolute atomic E-state index is 0.0128. The molecule has 2 fully saturated rings. The van der Waals surface area contributed by atoms with E-state index in [-0.39, 0.29) is 11.9 Å². The summed E-state index contributed by atoms with van der Waals surface area (Å²) in [6.07, 6.45) is 1.68. The van der Waals surface area contributed by atoms with Crippen LogP contribution in [0.1, 0.15) is 33.6 Å². The molecule has 180 valence electrons. The highest BCUT2D eigenvalue weighted by atomic mass is 32.2. The third kappa shape index (κ3) is 6.65. The molecule has 7 nitrogen and oxygen atoms in total. The summed E-state index contributed by atoms with van der Waals surface area (Å²) in [5, 5.41) is 1.67. The van der Waals surface area contributed by atoms with Gasteiger partial charge in [0.25, 0.3) is 0 Å². The van der Waals surface area contributed by atoms with E-state index in [1.54, 1.807) is 17.2 Å². The van der Waals surface area contributed by atoms with Crippen molar-refractivity contribution in [3.8, 4) is 0 Å². The number of hydrogen-bond acceptors (Lipinski definition) is 7. The average molecular weight is 470 g/mol. The van der Waals surface area contributed by atoms with Gasteiger partial charge in [-0.1, -0.05) is 0 Å². The fourth-order valence-corrected chi connectivity index (χ4v) is 4.70. The van der Waals surface area contributed by atoms with Crippen molar-refractivity contribution in [2.45, 2.75) is 44.7 Å². The fourth-order valence-electron chi connectivity index (χ4n) is 4.07. The van der Waals surface area contributed by atoms with Gasteiger partial charge >= 0.3 is 5.97 Å². The largest absolute Gasteiger partial charge is 0.369 e. The van der Waals surface area contributed by atoms with Crippen molar-refractivity contribution in [3.05, 3.63) is 24.3 Å². The highest BCUT2D eigenvalue weighted by Gasteiger charge is 2.32. The second-order valence-electron chi connectivity index (χ2n) is 9.96. The zero-order valence-corrected chi connectivity index (χ0v) is 20.4. The lowest BCUT2D eigenvalue weighted by Gasteiger charge is -2.38. The Kier molecular flexibility index (Phi) is 7.83. The number of alkyl halides is 1. The number of hydrogen-bond donors (Lipinski definition) is 0. The first-order chi connectivity index (χ1) is 14.9. The van der Waals surface area contributed by atoms with Crippen molar-refractivity contribution in [3.63, 3.8) is 0 Å². The first-order valence-corrected chi connectivity index (χ1v) is 13.2. The highest BCUT2D eigenvalue weighted by molar-refractivity contribution is 7.90. The monoisotopic (exact) mass is 469 g/mol.